The zero-order valence-corrected chi connectivity index (χ0v) is 23.2. The van der Waals surface area contributed by atoms with Gasteiger partial charge < -0.3 is 24.1 Å². The van der Waals surface area contributed by atoms with Crippen LogP contribution in [0.2, 0.25) is 0 Å². The summed E-state index contributed by atoms with van der Waals surface area (Å²) in [6.45, 7) is 11.0. The second-order valence-electron chi connectivity index (χ2n) is 11.0. The number of hydrogen-bond donors (Lipinski definition) is 1. The zero-order chi connectivity index (χ0) is 27.4. The van der Waals surface area contributed by atoms with E-state index in [0.29, 0.717) is 41.8 Å². The van der Waals surface area contributed by atoms with E-state index < -0.39 is 12.1 Å². The molecule has 1 aliphatic rings. The van der Waals surface area contributed by atoms with E-state index in [1.807, 2.05) is 37.3 Å². The highest BCUT2D eigenvalue weighted by molar-refractivity contribution is 5.96. The van der Waals surface area contributed by atoms with Gasteiger partial charge in [-0.25, -0.2) is 4.79 Å². The van der Waals surface area contributed by atoms with Crippen LogP contribution in [0.25, 0.3) is 0 Å². The van der Waals surface area contributed by atoms with Crippen molar-refractivity contribution >= 4 is 5.97 Å². The van der Waals surface area contributed by atoms with Gasteiger partial charge in [-0.1, -0.05) is 58.0 Å². The maximum Gasteiger partial charge on any atom is 0.346 e. The van der Waals surface area contributed by atoms with Crippen LogP contribution in [0.4, 0.5) is 0 Å². The van der Waals surface area contributed by atoms with Crippen LogP contribution < -0.4 is 14.2 Å². The summed E-state index contributed by atoms with van der Waals surface area (Å²) in [4.78, 5) is 13.3. The van der Waals surface area contributed by atoms with Crippen molar-refractivity contribution in [3.05, 3.63) is 82.4 Å². The first-order valence-electron chi connectivity index (χ1n) is 13.2. The largest absolute Gasteiger partial charge is 0.495 e. The van der Waals surface area contributed by atoms with E-state index in [1.165, 1.54) is 7.11 Å². The topological polar surface area (TPSA) is 74.2 Å². The minimum atomic E-state index is -0.881. The van der Waals surface area contributed by atoms with E-state index in [1.54, 1.807) is 12.1 Å². The van der Waals surface area contributed by atoms with Crippen molar-refractivity contribution in [3.63, 3.8) is 0 Å². The molecule has 6 heteroatoms. The number of aryl methyl sites for hydroxylation is 1. The molecule has 1 aliphatic heterocycles. The number of carbonyl (C=O) groups excluding carboxylic acids is 1. The Morgan fingerprint density at radius 1 is 1.08 bits per heavy atom. The molecule has 0 spiro atoms. The van der Waals surface area contributed by atoms with Gasteiger partial charge in [-0.15, -0.1) is 0 Å². The summed E-state index contributed by atoms with van der Waals surface area (Å²) in [5, 5.41) is 11.3. The van der Waals surface area contributed by atoms with Crippen LogP contribution in [-0.4, -0.2) is 24.8 Å². The van der Waals surface area contributed by atoms with Gasteiger partial charge in [0.1, 0.15) is 23.7 Å². The first-order chi connectivity index (χ1) is 18.1. The first kappa shape index (κ1) is 27.5. The van der Waals surface area contributed by atoms with Gasteiger partial charge in [-0.05, 0) is 66.5 Å². The molecule has 3 aromatic carbocycles. The van der Waals surface area contributed by atoms with E-state index in [9.17, 15) is 9.90 Å². The molecule has 0 fully saturated rings. The highest BCUT2D eigenvalue weighted by atomic mass is 16.6. The minimum absolute atomic E-state index is 0.0345. The predicted molar refractivity (Wildman–Crippen MR) is 147 cm³/mol. The second-order valence-corrected chi connectivity index (χ2v) is 11.0. The van der Waals surface area contributed by atoms with Gasteiger partial charge in [0.15, 0.2) is 11.5 Å². The summed E-state index contributed by atoms with van der Waals surface area (Å²) < 4.78 is 23.9. The highest BCUT2D eigenvalue weighted by Crippen LogP contribution is 2.45. The predicted octanol–water partition coefficient (Wildman–Crippen LogP) is 7.29. The van der Waals surface area contributed by atoms with Crippen LogP contribution in [0.3, 0.4) is 0 Å². The molecule has 0 radical (unpaired) electrons. The van der Waals surface area contributed by atoms with Crippen molar-refractivity contribution in [2.24, 2.45) is 5.92 Å². The first-order valence-corrected chi connectivity index (χ1v) is 13.2. The quantitative estimate of drug-likeness (QED) is 0.300. The molecule has 3 aromatic rings. The van der Waals surface area contributed by atoms with Crippen molar-refractivity contribution < 1.29 is 28.8 Å². The van der Waals surface area contributed by atoms with E-state index in [-0.39, 0.29) is 23.3 Å². The molecule has 1 atom stereocenters. The number of fused-ring (bicyclic) bond motifs is 2. The third-order valence-corrected chi connectivity index (χ3v) is 6.98. The Morgan fingerprint density at radius 2 is 1.82 bits per heavy atom. The molecule has 0 aromatic heterocycles. The molecule has 0 amide bonds. The van der Waals surface area contributed by atoms with E-state index in [2.05, 4.69) is 39.8 Å². The Balaban J connectivity index is 1.70. The molecular formula is C32H38O6. The lowest BCUT2D eigenvalue weighted by Gasteiger charge is -2.29. The van der Waals surface area contributed by atoms with Crippen LogP contribution in [0.15, 0.2) is 54.6 Å². The molecule has 0 saturated heterocycles. The van der Waals surface area contributed by atoms with E-state index >= 15 is 0 Å². The summed E-state index contributed by atoms with van der Waals surface area (Å²) >= 11 is 0. The fraction of sp³-hybridized carbons (Fsp3) is 0.406. The summed E-state index contributed by atoms with van der Waals surface area (Å²) in [6.07, 6.45) is 0.453. The molecule has 0 bridgehead atoms. The molecule has 4 rings (SSSR count). The summed E-state index contributed by atoms with van der Waals surface area (Å²) in [5.41, 5.74) is 3.18. The molecule has 0 aliphatic carbocycles. The summed E-state index contributed by atoms with van der Waals surface area (Å²) in [7, 11) is 1.48. The van der Waals surface area contributed by atoms with Gasteiger partial charge in [0.2, 0.25) is 0 Å². The second kappa shape index (κ2) is 11.5. The van der Waals surface area contributed by atoms with Crippen molar-refractivity contribution in [1.82, 2.24) is 0 Å². The van der Waals surface area contributed by atoms with Crippen molar-refractivity contribution in [3.8, 4) is 23.0 Å². The average molecular weight is 519 g/mol. The molecule has 1 heterocycles. The lowest BCUT2D eigenvalue weighted by Crippen LogP contribution is -2.22. The normalized spacial score (nSPS) is 13.9. The van der Waals surface area contributed by atoms with Gasteiger partial charge in [0, 0.05) is 11.1 Å². The Bertz CT molecular complexity index is 1280. The standard InChI is InChI=1S/C32H38O6/c1-20(2)14-15-36-27-17-21(3)16-22-19-37-31(34)28-26(38-29(22)27)13-12-24(30(28)35-6)25(33)18-32(4,5)23-10-8-7-9-11-23/h7-13,16-17,20,25,33H,14-15,18-19H2,1-6H3. The van der Waals surface area contributed by atoms with Gasteiger partial charge in [-0.3, -0.25) is 0 Å². The van der Waals surface area contributed by atoms with Gasteiger partial charge in [-0.2, -0.15) is 0 Å². The Morgan fingerprint density at radius 3 is 2.50 bits per heavy atom. The maximum absolute atomic E-state index is 13.3. The lowest BCUT2D eigenvalue weighted by atomic mass is 9.78. The third-order valence-electron chi connectivity index (χ3n) is 6.98. The Hall–Kier alpha value is -3.51. The number of cyclic esters (lactones) is 1. The van der Waals surface area contributed by atoms with Gasteiger partial charge in [0.25, 0.3) is 0 Å². The fourth-order valence-corrected chi connectivity index (χ4v) is 4.81. The lowest BCUT2D eigenvalue weighted by molar-refractivity contribution is 0.0453. The number of methoxy groups -OCH3 is 1. The number of hydrogen-bond acceptors (Lipinski definition) is 6. The summed E-state index contributed by atoms with van der Waals surface area (Å²) in [6, 6.07) is 17.4. The fourth-order valence-electron chi connectivity index (χ4n) is 4.81. The molecule has 0 saturated carbocycles. The number of aliphatic hydroxyl groups is 1. The van der Waals surface area contributed by atoms with E-state index in [0.717, 1.165) is 23.1 Å². The number of esters is 1. The van der Waals surface area contributed by atoms with Crippen LogP contribution in [-0.2, 0) is 16.8 Å². The van der Waals surface area contributed by atoms with Crippen molar-refractivity contribution in [2.75, 3.05) is 13.7 Å². The smallest absolute Gasteiger partial charge is 0.346 e. The number of benzene rings is 3. The molecule has 6 nitrogen and oxygen atoms in total. The number of rotatable bonds is 9. The van der Waals surface area contributed by atoms with Gasteiger partial charge in [0.05, 0.1) is 19.8 Å². The van der Waals surface area contributed by atoms with Crippen LogP contribution in [0.5, 0.6) is 23.0 Å². The molecular weight excluding hydrogens is 480 g/mol. The van der Waals surface area contributed by atoms with Gasteiger partial charge >= 0.3 is 5.97 Å². The Kier molecular flexibility index (Phi) is 8.32. The Labute approximate surface area is 225 Å². The SMILES string of the molecule is COc1c(C(O)CC(C)(C)c2ccccc2)ccc2c1C(=O)OCc1cc(C)cc(OCCC(C)C)c1O2. The van der Waals surface area contributed by atoms with Crippen molar-refractivity contribution in [1.29, 1.82) is 0 Å². The minimum Gasteiger partial charge on any atom is -0.495 e. The number of carbonyl (C=O) groups is 1. The van der Waals surface area contributed by atoms with Crippen LogP contribution in [0.1, 0.15) is 79.3 Å². The molecule has 1 N–H and O–H groups in total. The molecule has 202 valence electrons. The average Bonchev–Trinajstić information content (AvgIpc) is 2.87. The molecule has 1 unspecified atom stereocenters. The highest BCUT2D eigenvalue weighted by Gasteiger charge is 2.32. The third kappa shape index (κ3) is 5.97. The zero-order valence-electron chi connectivity index (χ0n) is 23.2. The van der Waals surface area contributed by atoms with Crippen LogP contribution in [0, 0.1) is 12.8 Å². The molecule has 38 heavy (non-hydrogen) atoms. The number of aliphatic hydroxyl groups excluding tert-OH is 1. The summed E-state index contributed by atoms with van der Waals surface area (Å²) in [5.74, 6) is 1.61. The van der Waals surface area contributed by atoms with Crippen molar-refractivity contribution in [2.45, 2.75) is 65.6 Å². The maximum atomic E-state index is 13.3. The van der Waals surface area contributed by atoms with Crippen LogP contribution >= 0.6 is 0 Å². The number of ether oxygens (including phenoxy) is 4. The monoisotopic (exact) mass is 518 g/mol. The van der Waals surface area contributed by atoms with E-state index in [4.69, 9.17) is 18.9 Å².